The summed E-state index contributed by atoms with van der Waals surface area (Å²) < 4.78 is 0. The largest absolute Gasteiger partial charge is 0.392 e. The number of rotatable bonds is 2. The van der Waals surface area contributed by atoms with Crippen molar-refractivity contribution in [3.63, 3.8) is 0 Å². The second-order valence-corrected chi connectivity index (χ2v) is 4.28. The van der Waals surface area contributed by atoms with E-state index in [1.807, 2.05) is 0 Å². The Balaban J connectivity index is 2.40. The first-order chi connectivity index (χ1) is 5.61. The molecule has 0 spiro atoms. The highest BCUT2D eigenvalue weighted by Gasteiger charge is 2.23. The van der Waals surface area contributed by atoms with Crippen molar-refractivity contribution >= 4 is 0 Å². The van der Waals surface area contributed by atoms with E-state index in [0.29, 0.717) is 12.0 Å². The Labute approximate surface area is 75.6 Å². The standard InChI is InChI=1S/C10H21NO/c1-8(2)9(3)11-6-4-5-10(12)7-11/h8-10,12H,4-7H2,1-3H3/t9-,10-/m0/s1. The van der Waals surface area contributed by atoms with E-state index in [9.17, 15) is 5.11 Å². The van der Waals surface area contributed by atoms with Crippen LogP contribution in [-0.2, 0) is 0 Å². The average molecular weight is 171 g/mol. The highest BCUT2D eigenvalue weighted by atomic mass is 16.3. The first-order valence-corrected chi connectivity index (χ1v) is 5.03. The van der Waals surface area contributed by atoms with Gasteiger partial charge in [-0.2, -0.15) is 0 Å². The van der Waals surface area contributed by atoms with E-state index in [0.717, 1.165) is 25.9 Å². The Hall–Kier alpha value is -0.0800. The van der Waals surface area contributed by atoms with Gasteiger partial charge in [-0.05, 0) is 32.2 Å². The number of likely N-dealkylation sites (tertiary alicyclic amines) is 1. The number of aliphatic hydroxyl groups excluding tert-OH is 1. The van der Waals surface area contributed by atoms with E-state index in [-0.39, 0.29) is 6.10 Å². The number of piperidine rings is 1. The summed E-state index contributed by atoms with van der Waals surface area (Å²) >= 11 is 0. The molecule has 1 fully saturated rings. The molecule has 0 aromatic heterocycles. The molecule has 0 aliphatic carbocycles. The van der Waals surface area contributed by atoms with Crippen LogP contribution in [0.25, 0.3) is 0 Å². The van der Waals surface area contributed by atoms with Crippen LogP contribution in [0.3, 0.4) is 0 Å². The highest BCUT2D eigenvalue weighted by Crippen LogP contribution is 2.16. The summed E-state index contributed by atoms with van der Waals surface area (Å²) in [6.07, 6.45) is 2.06. The quantitative estimate of drug-likeness (QED) is 0.680. The van der Waals surface area contributed by atoms with Gasteiger partial charge in [0.15, 0.2) is 0 Å². The van der Waals surface area contributed by atoms with Crippen molar-refractivity contribution in [3.05, 3.63) is 0 Å². The van der Waals surface area contributed by atoms with Crippen molar-refractivity contribution < 1.29 is 5.11 Å². The van der Waals surface area contributed by atoms with Crippen molar-refractivity contribution in [3.8, 4) is 0 Å². The summed E-state index contributed by atoms with van der Waals surface area (Å²) in [6, 6.07) is 0.611. The van der Waals surface area contributed by atoms with Gasteiger partial charge in [0.1, 0.15) is 0 Å². The maximum atomic E-state index is 9.47. The van der Waals surface area contributed by atoms with Gasteiger partial charge in [-0.15, -0.1) is 0 Å². The van der Waals surface area contributed by atoms with Gasteiger partial charge < -0.3 is 5.11 Å². The number of hydrogen-bond donors (Lipinski definition) is 1. The van der Waals surface area contributed by atoms with Gasteiger partial charge in [0.05, 0.1) is 6.10 Å². The first-order valence-electron chi connectivity index (χ1n) is 5.03. The van der Waals surface area contributed by atoms with Crippen LogP contribution in [0.2, 0.25) is 0 Å². The molecule has 2 atom stereocenters. The van der Waals surface area contributed by atoms with Gasteiger partial charge in [0.25, 0.3) is 0 Å². The smallest absolute Gasteiger partial charge is 0.0667 e. The molecule has 1 aliphatic heterocycles. The van der Waals surface area contributed by atoms with E-state index in [1.165, 1.54) is 0 Å². The fourth-order valence-electron chi connectivity index (χ4n) is 1.77. The van der Waals surface area contributed by atoms with Crippen molar-refractivity contribution in [1.82, 2.24) is 4.90 Å². The van der Waals surface area contributed by atoms with Crippen LogP contribution in [0.15, 0.2) is 0 Å². The molecule has 2 heteroatoms. The van der Waals surface area contributed by atoms with Gasteiger partial charge >= 0.3 is 0 Å². The van der Waals surface area contributed by atoms with Crippen LogP contribution in [0.1, 0.15) is 33.6 Å². The lowest BCUT2D eigenvalue weighted by molar-refractivity contribution is 0.0392. The van der Waals surface area contributed by atoms with E-state index in [4.69, 9.17) is 0 Å². The van der Waals surface area contributed by atoms with Crippen LogP contribution in [-0.4, -0.2) is 35.2 Å². The summed E-state index contributed by atoms with van der Waals surface area (Å²) in [7, 11) is 0. The van der Waals surface area contributed by atoms with Crippen molar-refractivity contribution in [2.24, 2.45) is 5.92 Å². The third-order valence-electron chi connectivity index (χ3n) is 2.97. The van der Waals surface area contributed by atoms with Gasteiger partial charge in [0, 0.05) is 12.6 Å². The number of aliphatic hydroxyl groups is 1. The van der Waals surface area contributed by atoms with E-state index in [1.54, 1.807) is 0 Å². The molecule has 0 amide bonds. The molecule has 1 saturated heterocycles. The molecular weight excluding hydrogens is 150 g/mol. The second-order valence-electron chi connectivity index (χ2n) is 4.28. The van der Waals surface area contributed by atoms with Crippen LogP contribution in [0.4, 0.5) is 0 Å². The fourth-order valence-corrected chi connectivity index (χ4v) is 1.77. The predicted octanol–water partition coefficient (Wildman–Crippen LogP) is 1.49. The summed E-state index contributed by atoms with van der Waals surface area (Å²) in [5.41, 5.74) is 0. The Bertz CT molecular complexity index is 136. The lowest BCUT2D eigenvalue weighted by atomic mass is 10.00. The molecule has 0 radical (unpaired) electrons. The SMILES string of the molecule is CC(C)[C@H](C)N1CCC[C@H](O)C1. The number of hydrogen-bond acceptors (Lipinski definition) is 2. The Kier molecular flexibility index (Phi) is 3.53. The molecule has 72 valence electrons. The van der Waals surface area contributed by atoms with Gasteiger partial charge in [-0.3, -0.25) is 4.90 Å². The minimum Gasteiger partial charge on any atom is -0.392 e. The molecule has 1 heterocycles. The van der Waals surface area contributed by atoms with Crippen LogP contribution in [0.5, 0.6) is 0 Å². The Morgan fingerprint density at radius 3 is 2.50 bits per heavy atom. The van der Waals surface area contributed by atoms with Crippen LogP contribution < -0.4 is 0 Å². The van der Waals surface area contributed by atoms with Gasteiger partial charge in [-0.1, -0.05) is 13.8 Å². The summed E-state index contributed by atoms with van der Waals surface area (Å²) in [4.78, 5) is 2.40. The fraction of sp³-hybridized carbons (Fsp3) is 1.00. The molecular formula is C10H21NO. The topological polar surface area (TPSA) is 23.5 Å². The van der Waals surface area contributed by atoms with E-state index < -0.39 is 0 Å². The average Bonchev–Trinajstić information content (AvgIpc) is 2.03. The first kappa shape index (κ1) is 10.0. The van der Waals surface area contributed by atoms with Crippen molar-refractivity contribution in [2.45, 2.75) is 45.8 Å². The molecule has 0 aromatic rings. The van der Waals surface area contributed by atoms with E-state index >= 15 is 0 Å². The molecule has 1 aliphatic rings. The van der Waals surface area contributed by atoms with E-state index in [2.05, 4.69) is 25.7 Å². The predicted molar refractivity (Wildman–Crippen MR) is 51.1 cm³/mol. The normalized spacial score (nSPS) is 29.2. The molecule has 0 aromatic carbocycles. The van der Waals surface area contributed by atoms with Crippen LogP contribution in [0, 0.1) is 5.92 Å². The zero-order valence-corrected chi connectivity index (χ0v) is 8.45. The molecule has 0 unspecified atom stereocenters. The third kappa shape index (κ3) is 2.46. The van der Waals surface area contributed by atoms with Crippen molar-refractivity contribution in [2.75, 3.05) is 13.1 Å². The third-order valence-corrected chi connectivity index (χ3v) is 2.97. The molecule has 1 rings (SSSR count). The summed E-state index contributed by atoms with van der Waals surface area (Å²) in [5, 5.41) is 9.47. The van der Waals surface area contributed by atoms with Gasteiger partial charge in [0.2, 0.25) is 0 Å². The minimum absolute atomic E-state index is 0.0834. The zero-order chi connectivity index (χ0) is 9.14. The van der Waals surface area contributed by atoms with Crippen LogP contribution >= 0.6 is 0 Å². The number of nitrogens with zero attached hydrogens (tertiary/aromatic N) is 1. The molecule has 2 nitrogen and oxygen atoms in total. The zero-order valence-electron chi connectivity index (χ0n) is 8.45. The second kappa shape index (κ2) is 4.24. The summed E-state index contributed by atoms with van der Waals surface area (Å²) in [6.45, 7) is 8.77. The lowest BCUT2D eigenvalue weighted by Crippen LogP contribution is -2.45. The van der Waals surface area contributed by atoms with Gasteiger partial charge in [-0.25, -0.2) is 0 Å². The molecule has 1 N–H and O–H groups in total. The highest BCUT2D eigenvalue weighted by molar-refractivity contribution is 4.77. The minimum atomic E-state index is -0.0834. The lowest BCUT2D eigenvalue weighted by Gasteiger charge is -2.36. The molecule has 0 bridgehead atoms. The Morgan fingerprint density at radius 1 is 1.33 bits per heavy atom. The number of β-amino-alcohol motifs (C(OH)–C–C–N with tert-alkyl or cyclic N) is 1. The maximum absolute atomic E-state index is 9.47. The maximum Gasteiger partial charge on any atom is 0.0667 e. The molecule has 0 saturated carbocycles. The monoisotopic (exact) mass is 171 g/mol. The molecule has 12 heavy (non-hydrogen) atoms. The Morgan fingerprint density at radius 2 is 2.00 bits per heavy atom. The van der Waals surface area contributed by atoms with Crippen molar-refractivity contribution in [1.29, 1.82) is 0 Å². The summed E-state index contributed by atoms with van der Waals surface area (Å²) in [5.74, 6) is 0.690.